The average Bonchev–Trinajstić information content (AvgIpc) is 2.35. The van der Waals surface area contributed by atoms with Crippen molar-refractivity contribution >= 4 is 11.6 Å². The quantitative estimate of drug-likeness (QED) is 0.648. The molecule has 2 atom stereocenters. The third kappa shape index (κ3) is 17.3. The van der Waals surface area contributed by atoms with Crippen molar-refractivity contribution in [2.24, 2.45) is 35.1 Å². The van der Waals surface area contributed by atoms with Crippen molar-refractivity contribution in [2.75, 3.05) is 13.1 Å². The normalized spacial score (nSPS) is 13.5. The number of nitrogens with two attached hydrogens (primary N) is 2. The first-order valence-corrected chi connectivity index (χ1v) is 8.51. The van der Waals surface area contributed by atoms with Gasteiger partial charge in [0, 0.05) is 12.8 Å². The van der Waals surface area contributed by atoms with Crippen LogP contribution in [0.2, 0.25) is 0 Å². The second-order valence-electron chi connectivity index (χ2n) is 7.27. The number of hydrogen-bond donors (Lipinski definition) is 2. The molecule has 0 aliphatic heterocycles. The summed E-state index contributed by atoms with van der Waals surface area (Å²) in [6.45, 7) is 13.2. The van der Waals surface area contributed by atoms with E-state index in [2.05, 4.69) is 27.7 Å². The highest BCUT2D eigenvalue weighted by Crippen LogP contribution is 2.14. The zero-order valence-electron chi connectivity index (χ0n) is 15.5. The standard InChI is InChI=1S/2C9H19NO/c2*1-7(2)4-9(6-10)5-8(3)11/h2*7,9H,4-6,10H2,1-3H3/t9-;/m0./s1. The second kappa shape index (κ2) is 13.9. The number of hydrogen-bond acceptors (Lipinski definition) is 4. The summed E-state index contributed by atoms with van der Waals surface area (Å²) in [6, 6.07) is 0. The molecule has 4 nitrogen and oxygen atoms in total. The number of carbonyl (C=O) groups is 2. The molecule has 0 aliphatic rings. The minimum atomic E-state index is 0.251. The molecule has 0 rings (SSSR count). The van der Waals surface area contributed by atoms with Gasteiger partial charge in [-0.1, -0.05) is 27.7 Å². The van der Waals surface area contributed by atoms with Crippen LogP contribution < -0.4 is 11.5 Å². The first-order valence-electron chi connectivity index (χ1n) is 8.51. The van der Waals surface area contributed by atoms with Gasteiger partial charge in [-0.3, -0.25) is 0 Å². The van der Waals surface area contributed by atoms with Crippen LogP contribution in [-0.4, -0.2) is 24.7 Å². The molecule has 0 heterocycles. The van der Waals surface area contributed by atoms with E-state index in [1.807, 2.05) is 0 Å². The lowest BCUT2D eigenvalue weighted by Crippen LogP contribution is -2.18. The molecule has 0 fully saturated rings. The lowest BCUT2D eigenvalue weighted by atomic mass is 9.93. The molecule has 0 aromatic rings. The molecule has 0 saturated carbocycles. The third-order valence-corrected chi connectivity index (χ3v) is 3.43. The summed E-state index contributed by atoms with van der Waals surface area (Å²) in [5, 5.41) is 0. The minimum absolute atomic E-state index is 0.251. The highest BCUT2D eigenvalue weighted by atomic mass is 16.1. The maximum atomic E-state index is 10.7. The first kappa shape index (κ1) is 23.5. The molecular weight excluding hydrogens is 276 g/mol. The summed E-state index contributed by atoms with van der Waals surface area (Å²) in [4.78, 5) is 21.5. The van der Waals surface area contributed by atoms with Crippen LogP contribution in [0.5, 0.6) is 0 Å². The first-order chi connectivity index (χ1) is 10.1. The fraction of sp³-hybridized carbons (Fsp3) is 0.889. The molecule has 4 N–H and O–H groups in total. The van der Waals surface area contributed by atoms with Gasteiger partial charge < -0.3 is 21.1 Å². The van der Waals surface area contributed by atoms with Crippen molar-refractivity contribution in [1.82, 2.24) is 0 Å². The summed E-state index contributed by atoms with van der Waals surface area (Å²) < 4.78 is 0. The fourth-order valence-corrected chi connectivity index (χ4v) is 2.67. The minimum Gasteiger partial charge on any atom is -0.330 e. The second-order valence-corrected chi connectivity index (χ2v) is 7.27. The molecule has 0 amide bonds. The van der Waals surface area contributed by atoms with E-state index in [4.69, 9.17) is 11.5 Å². The summed E-state index contributed by atoms with van der Waals surface area (Å²) >= 11 is 0. The van der Waals surface area contributed by atoms with Crippen molar-refractivity contribution in [3.05, 3.63) is 0 Å². The maximum Gasteiger partial charge on any atom is 0.130 e. The zero-order valence-corrected chi connectivity index (χ0v) is 15.5. The van der Waals surface area contributed by atoms with E-state index in [9.17, 15) is 9.59 Å². The Morgan fingerprint density at radius 1 is 0.727 bits per heavy atom. The van der Waals surface area contributed by atoms with Crippen molar-refractivity contribution < 1.29 is 9.59 Å². The van der Waals surface area contributed by atoms with Gasteiger partial charge in [-0.05, 0) is 63.5 Å². The van der Waals surface area contributed by atoms with Gasteiger partial charge in [0.2, 0.25) is 0 Å². The Bertz CT molecular complexity index is 271. The Balaban J connectivity index is 0. The third-order valence-electron chi connectivity index (χ3n) is 3.43. The van der Waals surface area contributed by atoms with Gasteiger partial charge in [-0.2, -0.15) is 0 Å². The molecule has 0 bridgehead atoms. The van der Waals surface area contributed by atoms with E-state index >= 15 is 0 Å². The number of Topliss-reactive ketones (excluding diaryl/α,β-unsaturated/α-hetero) is 2. The van der Waals surface area contributed by atoms with Crippen LogP contribution in [0.4, 0.5) is 0 Å². The van der Waals surface area contributed by atoms with E-state index in [1.165, 1.54) is 0 Å². The predicted octanol–water partition coefficient (Wildman–Crippen LogP) is 3.17. The van der Waals surface area contributed by atoms with Crippen LogP contribution in [0.25, 0.3) is 0 Å². The average molecular weight is 315 g/mol. The van der Waals surface area contributed by atoms with Crippen molar-refractivity contribution in [1.29, 1.82) is 0 Å². The van der Waals surface area contributed by atoms with E-state index in [0.717, 1.165) is 12.8 Å². The van der Waals surface area contributed by atoms with Crippen LogP contribution >= 0.6 is 0 Å². The lowest BCUT2D eigenvalue weighted by Gasteiger charge is -2.14. The SMILES string of the molecule is CC(=O)CC(CN)CC(C)C.CC(=O)C[C@@H](CN)CC(C)C. The van der Waals surface area contributed by atoms with Gasteiger partial charge in [0.1, 0.15) is 11.6 Å². The van der Waals surface area contributed by atoms with E-state index < -0.39 is 0 Å². The summed E-state index contributed by atoms with van der Waals surface area (Å²) in [5.41, 5.74) is 11.0. The molecule has 0 spiro atoms. The maximum absolute atomic E-state index is 10.7. The molecule has 0 aromatic carbocycles. The monoisotopic (exact) mass is 314 g/mol. The van der Waals surface area contributed by atoms with E-state index in [1.54, 1.807) is 13.8 Å². The molecule has 22 heavy (non-hydrogen) atoms. The predicted molar refractivity (Wildman–Crippen MR) is 94.6 cm³/mol. The number of carbonyl (C=O) groups excluding carboxylic acids is 2. The molecular formula is C18H38N2O2. The van der Waals surface area contributed by atoms with Gasteiger partial charge in [0.15, 0.2) is 0 Å². The van der Waals surface area contributed by atoms with Crippen LogP contribution in [0.3, 0.4) is 0 Å². The Labute approximate surface area is 137 Å². The zero-order chi connectivity index (χ0) is 17.7. The van der Waals surface area contributed by atoms with Crippen LogP contribution in [0, 0.1) is 23.7 Å². The van der Waals surface area contributed by atoms with Gasteiger partial charge >= 0.3 is 0 Å². The van der Waals surface area contributed by atoms with Crippen molar-refractivity contribution in [3.8, 4) is 0 Å². The topological polar surface area (TPSA) is 86.2 Å². The molecule has 4 heteroatoms. The van der Waals surface area contributed by atoms with Crippen LogP contribution in [0.1, 0.15) is 67.2 Å². The molecule has 1 unspecified atom stereocenters. The summed E-state index contributed by atoms with van der Waals surface area (Å²) in [5.74, 6) is 2.58. The van der Waals surface area contributed by atoms with Gasteiger partial charge in [-0.25, -0.2) is 0 Å². The largest absolute Gasteiger partial charge is 0.330 e. The van der Waals surface area contributed by atoms with Crippen LogP contribution in [-0.2, 0) is 9.59 Å². The molecule has 0 aromatic heterocycles. The smallest absolute Gasteiger partial charge is 0.130 e. The lowest BCUT2D eigenvalue weighted by molar-refractivity contribution is -0.118. The molecule has 0 aliphatic carbocycles. The van der Waals surface area contributed by atoms with Crippen molar-refractivity contribution in [3.63, 3.8) is 0 Å². The van der Waals surface area contributed by atoms with Gasteiger partial charge in [0.25, 0.3) is 0 Å². The van der Waals surface area contributed by atoms with Crippen LogP contribution in [0.15, 0.2) is 0 Å². The Hall–Kier alpha value is -0.740. The van der Waals surface area contributed by atoms with E-state index in [-0.39, 0.29) is 11.6 Å². The molecule has 0 saturated heterocycles. The molecule has 0 radical (unpaired) electrons. The van der Waals surface area contributed by atoms with Gasteiger partial charge in [0.05, 0.1) is 0 Å². The summed E-state index contributed by atoms with van der Waals surface area (Å²) in [7, 11) is 0. The Morgan fingerprint density at radius 2 is 1.00 bits per heavy atom. The Kier molecular flexibility index (Phi) is 14.9. The summed E-state index contributed by atoms with van der Waals surface area (Å²) in [6.07, 6.45) is 3.43. The highest BCUT2D eigenvalue weighted by Gasteiger charge is 2.11. The fourth-order valence-electron chi connectivity index (χ4n) is 2.67. The van der Waals surface area contributed by atoms with Gasteiger partial charge in [-0.15, -0.1) is 0 Å². The van der Waals surface area contributed by atoms with E-state index in [0.29, 0.717) is 49.6 Å². The number of ketones is 2. The highest BCUT2D eigenvalue weighted by molar-refractivity contribution is 5.76. The Morgan fingerprint density at radius 3 is 1.14 bits per heavy atom. The van der Waals surface area contributed by atoms with Crippen molar-refractivity contribution in [2.45, 2.75) is 67.2 Å². The number of rotatable bonds is 10. The molecule has 132 valence electrons.